The van der Waals surface area contributed by atoms with Gasteiger partial charge in [-0.15, -0.1) is 0 Å². The molecule has 0 saturated carbocycles. The Bertz CT molecular complexity index is 311. The van der Waals surface area contributed by atoms with Crippen LogP contribution in [0.4, 0.5) is 9.59 Å². The lowest BCUT2D eigenvalue weighted by Crippen LogP contribution is -2.10. The zero-order valence-electron chi connectivity index (χ0n) is 6.34. The molecule has 0 aliphatic heterocycles. The van der Waals surface area contributed by atoms with Gasteiger partial charge in [0.1, 0.15) is 0 Å². The Kier molecular flexibility index (Phi) is 4.21. The van der Waals surface area contributed by atoms with Crippen molar-refractivity contribution in [2.24, 2.45) is 0 Å². The summed E-state index contributed by atoms with van der Waals surface area (Å²) >= 11 is 0. The van der Waals surface area contributed by atoms with Gasteiger partial charge < -0.3 is 19.7 Å². The SMILES string of the molecule is O=C(O)OC(=O)C#CC(=O)OC(=O)O. The molecule has 0 heterocycles. The number of carbonyl (C=O) groups is 4. The van der Waals surface area contributed by atoms with Crippen LogP contribution in [0.5, 0.6) is 0 Å². The number of carbonyl (C=O) groups excluding carboxylic acids is 2. The highest BCUT2D eigenvalue weighted by Crippen LogP contribution is 1.80. The van der Waals surface area contributed by atoms with E-state index in [2.05, 4.69) is 9.47 Å². The first-order valence-electron chi connectivity index (χ1n) is 2.83. The van der Waals surface area contributed by atoms with Crippen LogP contribution in [0.2, 0.25) is 0 Å². The third-order valence-electron chi connectivity index (χ3n) is 0.627. The monoisotopic (exact) mass is 202 g/mol. The molecular formula is C6H2O8. The molecule has 0 aromatic carbocycles. The van der Waals surface area contributed by atoms with Crippen LogP contribution in [-0.4, -0.2) is 34.5 Å². The van der Waals surface area contributed by atoms with E-state index >= 15 is 0 Å². The fourth-order valence-corrected chi connectivity index (χ4v) is 0.312. The fraction of sp³-hybridized carbons (Fsp3) is 0. The van der Waals surface area contributed by atoms with Gasteiger partial charge >= 0.3 is 24.2 Å². The Morgan fingerprint density at radius 1 is 0.786 bits per heavy atom. The quantitative estimate of drug-likeness (QED) is 0.231. The maximum Gasteiger partial charge on any atom is 0.514 e. The summed E-state index contributed by atoms with van der Waals surface area (Å²) in [7, 11) is 0. The molecule has 0 fully saturated rings. The molecule has 0 aromatic heterocycles. The normalized spacial score (nSPS) is 7.71. The summed E-state index contributed by atoms with van der Waals surface area (Å²) in [5.41, 5.74) is 0. The lowest BCUT2D eigenvalue weighted by molar-refractivity contribution is -0.134. The third kappa shape index (κ3) is 6.17. The van der Waals surface area contributed by atoms with Crippen LogP contribution in [0, 0.1) is 11.8 Å². The topological polar surface area (TPSA) is 127 Å². The summed E-state index contributed by atoms with van der Waals surface area (Å²) in [6.45, 7) is 0. The lowest BCUT2D eigenvalue weighted by Gasteiger charge is -1.88. The molecule has 0 bridgehead atoms. The first kappa shape index (κ1) is 11.4. The zero-order chi connectivity index (χ0) is 11.1. The number of hydrogen-bond acceptors (Lipinski definition) is 6. The number of carboxylic acid groups (broad SMARTS) is 2. The van der Waals surface area contributed by atoms with Gasteiger partial charge in [-0.2, -0.15) is 0 Å². The van der Waals surface area contributed by atoms with Gasteiger partial charge in [-0.3, -0.25) is 0 Å². The summed E-state index contributed by atoms with van der Waals surface area (Å²) < 4.78 is 6.91. The summed E-state index contributed by atoms with van der Waals surface area (Å²) in [5.74, 6) is -0.250. The Morgan fingerprint density at radius 2 is 1.07 bits per heavy atom. The molecule has 0 aliphatic rings. The molecule has 0 aliphatic carbocycles. The van der Waals surface area contributed by atoms with Crippen molar-refractivity contribution in [3.8, 4) is 11.8 Å². The van der Waals surface area contributed by atoms with Gasteiger partial charge in [0.25, 0.3) is 0 Å². The van der Waals surface area contributed by atoms with Crippen LogP contribution in [-0.2, 0) is 19.1 Å². The van der Waals surface area contributed by atoms with Crippen molar-refractivity contribution in [3.05, 3.63) is 0 Å². The van der Waals surface area contributed by atoms with Gasteiger partial charge in [0.05, 0.1) is 0 Å². The van der Waals surface area contributed by atoms with Gasteiger partial charge in [-0.25, -0.2) is 19.2 Å². The molecule has 0 saturated heterocycles. The maximum atomic E-state index is 10.3. The predicted octanol–water partition coefficient (Wildman–Crippen LogP) is -0.568. The number of rotatable bonds is 0. The Balaban J connectivity index is 4.16. The minimum Gasteiger partial charge on any atom is -0.449 e. The molecule has 0 unspecified atom stereocenters. The van der Waals surface area contributed by atoms with Crippen LogP contribution in [0.1, 0.15) is 0 Å². The van der Waals surface area contributed by atoms with Gasteiger partial charge in [0.2, 0.25) is 0 Å². The van der Waals surface area contributed by atoms with E-state index in [1.54, 1.807) is 0 Å². The summed E-state index contributed by atoms with van der Waals surface area (Å²) in [6.07, 6.45) is -3.79. The van der Waals surface area contributed by atoms with Crippen LogP contribution in [0.15, 0.2) is 0 Å². The first-order chi connectivity index (χ1) is 6.41. The van der Waals surface area contributed by atoms with Crippen molar-refractivity contribution in [1.29, 1.82) is 0 Å². The minimum atomic E-state index is -1.89. The summed E-state index contributed by atoms with van der Waals surface area (Å²) in [4.78, 5) is 40.0. The molecule has 0 radical (unpaired) electrons. The molecule has 0 amide bonds. The molecular weight excluding hydrogens is 200 g/mol. The maximum absolute atomic E-state index is 10.3. The fourth-order valence-electron chi connectivity index (χ4n) is 0.312. The Labute approximate surface area is 76.0 Å². The van der Waals surface area contributed by atoms with E-state index in [-0.39, 0.29) is 0 Å². The van der Waals surface area contributed by atoms with Crippen LogP contribution in [0.25, 0.3) is 0 Å². The minimum absolute atomic E-state index is 1.39. The smallest absolute Gasteiger partial charge is 0.449 e. The standard InChI is InChI=1S/C6H2O8/c7-3(13-5(9)10)1-2-4(8)14-6(11)12/h(H,9,10)(H,11,12). The zero-order valence-corrected chi connectivity index (χ0v) is 6.34. The second kappa shape index (κ2) is 5.15. The molecule has 8 nitrogen and oxygen atoms in total. The molecule has 8 heteroatoms. The number of hydrogen-bond donors (Lipinski definition) is 2. The van der Waals surface area contributed by atoms with Gasteiger partial charge in [-0.1, -0.05) is 0 Å². The van der Waals surface area contributed by atoms with Crippen molar-refractivity contribution in [3.63, 3.8) is 0 Å². The average Bonchev–Trinajstić information content (AvgIpc) is 1.98. The third-order valence-corrected chi connectivity index (χ3v) is 0.627. The largest absolute Gasteiger partial charge is 0.514 e. The molecule has 14 heavy (non-hydrogen) atoms. The van der Waals surface area contributed by atoms with E-state index in [1.807, 2.05) is 0 Å². The molecule has 2 N–H and O–H groups in total. The van der Waals surface area contributed by atoms with Crippen molar-refractivity contribution in [2.75, 3.05) is 0 Å². The molecule has 0 aromatic rings. The molecule has 74 valence electrons. The second-order valence-electron chi connectivity index (χ2n) is 1.56. The second-order valence-corrected chi connectivity index (χ2v) is 1.56. The van der Waals surface area contributed by atoms with Gasteiger partial charge in [0, 0.05) is 11.8 Å². The molecule has 0 atom stereocenters. The van der Waals surface area contributed by atoms with Gasteiger partial charge in [-0.05, 0) is 0 Å². The van der Waals surface area contributed by atoms with E-state index < -0.39 is 24.2 Å². The van der Waals surface area contributed by atoms with Gasteiger partial charge in [0.15, 0.2) is 0 Å². The van der Waals surface area contributed by atoms with Crippen molar-refractivity contribution < 1.29 is 38.9 Å². The molecule has 0 spiro atoms. The lowest BCUT2D eigenvalue weighted by atomic mass is 10.6. The van der Waals surface area contributed by atoms with Crippen LogP contribution >= 0.6 is 0 Å². The molecule has 0 rings (SSSR count). The number of esters is 2. The van der Waals surface area contributed by atoms with E-state index in [0.717, 1.165) is 0 Å². The van der Waals surface area contributed by atoms with E-state index in [1.165, 1.54) is 11.8 Å². The van der Waals surface area contributed by atoms with Crippen molar-refractivity contribution in [2.45, 2.75) is 0 Å². The van der Waals surface area contributed by atoms with E-state index in [0.29, 0.717) is 0 Å². The summed E-state index contributed by atoms with van der Waals surface area (Å²) in [5, 5.41) is 15.7. The van der Waals surface area contributed by atoms with Crippen LogP contribution < -0.4 is 0 Å². The highest BCUT2D eigenvalue weighted by atomic mass is 16.7. The van der Waals surface area contributed by atoms with E-state index in [4.69, 9.17) is 10.2 Å². The highest BCUT2D eigenvalue weighted by Gasteiger charge is 2.07. The average molecular weight is 202 g/mol. The van der Waals surface area contributed by atoms with E-state index in [9.17, 15) is 19.2 Å². The highest BCUT2D eigenvalue weighted by molar-refractivity contribution is 6.02. The van der Waals surface area contributed by atoms with Crippen molar-refractivity contribution >= 4 is 24.2 Å². The first-order valence-corrected chi connectivity index (χ1v) is 2.83. The Morgan fingerprint density at radius 3 is 1.29 bits per heavy atom. The van der Waals surface area contributed by atoms with Crippen LogP contribution in [0.3, 0.4) is 0 Å². The predicted molar refractivity (Wildman–Crippen MR) is 36.0 cm³/mol. The van der Waals surface area contributed by atoms with Crippen molar-refractivity contribution in [1.82, 2.24) is 0 Å². The Hall–Kier alpha value is -2.56. The number of ether oxygens (including phenoxy) is 2. The summed E-state index contributed by atoms with van der Waals surface area (Å²) in [6, 6.07) is 0.